The molecule has 0 bridgehead atoms. The number of hydrogen-bond donors (Lipinski definition) is 2. The summed E-state index contributed by atoms with van der Waals surface area (Å²) in [5, 5.41) is 26.3. The molecule has 0 saturated carbocycles. The minimum Gasteiger partial charge on any atom is -0.507 e. The van der Waals surface area contributed by atoms with E-state index < -0.39 is 0 Å². The Balaban J connectivity index is 0.000000212. The van der Waals surface area contributed by atoms with Crippen molar-refractivity contribution in [2.45, 2.75) is 91.9 Å². The van der Waals surface area contributed by atoms with Gasteiger partial charge in [-0.1, -0.05) is 189 Å². The maximum absolute atomic E-state index is 10.9. The molecule has 10 rings (SSSR count). The van der Waals surface area contributed by atoms with Crippen LogP contribution in [-0.2, 0) is 32.5 Å². The van der Waals surface area contributed by atoms with Crippen molar-refractivity contribution in [3.8, 4) is 56.0 Å². The fraction of sp³-hybridized carbons (Fsp3) is 0.281. The largest absolute Gasteiger partial charge is 2.00 e. The van der Waals surface area contributed by atoms with Gasteiger partial charge in [-0.25, -0.2) is 0 Å². The van der Waals surface area contributed by atoms with E-state index in [1.807, 2.05) is 24.3 Å². The summed E-state index contributed by atoms with van der Waals surface area (Å²) < 4.78 is 0. The van der Waals surface area contributed by atoms with E-state index in [2.05, 4.69) is 189 Å². The van der Waals surface area contributed by atoms with Crippen LogP contribution in [0.2, 0.25) is 0 Å². The molecule has 0 saturated heterocycles. The van der Waals surface area contributed by atoms with E-state index >= 15 is 0 Å². The molecule has 2 nitrogen and oxygen atoms in total. The van der Waals surface area contributed by atoms with Crippen LogP contribution < -0.4 is 0 Å². The van der Waals surface area contributed by atoms with Crippen LogP contribution in [0.15, 0.2) is 158 Å². The molecular weight excluding hydrogens is 849 g/mol. The van der Waals surface area contributed by atoms with Crippen molar-refractivity contribution >= 4 is 21.5 Å². The van der Waals surface area contributed by atoms with Gasteiger partial charge in [-0.05, 0) is 151 Å². The van der Waals surface area contributed by atoms with Crippen LogP contribution in [0.25, 0.3) is 66.1 Å². The van der Waals surface area contributed by atoms with Crippen LogP contribution in [-0.4, -0.2) is 10.2 Å². The monoisotopic (exact) mass is 918 g/mol. The zero-order valence-corrected chi connectivity index (χ0v) is 43.1. The third-order valence-corrected chi connectivity index (χ3v) is 14.0. The molecule has 0 fully saturated rings. The van der Waals surface area contributed by atoms with E-state index in [4.69, 9.17) is 0 Å². The molecule has 342 valence electrons. The molecule has 0 amide bonds. The minimum absolute atomic E-state index is 0. The van der Waals surface area contributed by atoms with Crippen molar-refractivity contribution in [1.82, 2.24) is 0 Å². The average Bonchev–Trinajstić information content (AvgIpc) is 3.67. The first-order chi connectivity index (χ1) is 30.8. The van der Waals surface area contributed by atoms with E-state index in [0.29, 0.717) is 35.2 Å². The second kappa shape index (κ2) is 20.4. The van der Waals surface area contributed by atoms with Crippen LogP contribution in [0.3, 0.4) is 0 Å². The van der Waals surface area contributed by atoms with Crippen molar-refractivity contribution in [2.24, 2.45) is 23.7 Å². The van der Waals surface area contributed by atoms with Gasteiger partial charge < -0.3 is 25.1 Å². The molecular formula is C64H70O2Ti. The maximum atomic E-state index is 10.9. The summed E-state index contributed by atoms with van der Waals surface area (Å²) in [7, 11) is 0. The van der Waals surface area contributed by atoms with E-state index in [-0.39, 0.29) is 47.4 Å². The summed E-state index contributed by atoms with van der Waals surface area (Å²) in [5.41, 5.74) is 15.3. The first kappa shape index (κ1) is 51.0. The Morgan fingerprint density at radius 2 is 0.672 bits per heavy atom. The SMILES string of the molecule is CC(C)CC1(CC(C)C)c2ccccc2-c2ccc(-c3c(O)ccc4ccccc34)cc21.CC(C)CC1(CC(C)C)c2ccccc2-c2ccc(-c3c(O)ccc4ccccc34)cc21.[CH3-].[CH3-].[Ti+2]. The summed E-state index contributed by atoms with van der Waals surface area (Å²) in [5.74, 6) is 3.03. The molecule has 0 spiro atoms. The Hall–Kier alpha value is -5.41. The quantitative estimate of drug-likeness (QED) is 0.106. The van der Waals surface area contributed by atoms with Gasteiger partial charge in [0.2, 0.25) is 0 Å². The molecule has 2 N–H and O–H groups in total. The van der Waals surface area contributed by atoms with E-state index in [1.165, 1.54) is 44.5 Å². The zero-order chi connectivity index (χ0) is 44.9. The third kappa shape index (κ3) is 9.17. The predicted molar refractivity (Wildman–Crippen MR) is 285 cm³/mol. The fourth-order valence-electron chi connectivity index (χ4n) is 12.2. The first-order valence-electron chi connectivity index (χ1n) is 23.7. The number of hydrogen-bond acceptors (Lipinski definition) is 2. The number of benzene rings is 8. The van der Waals surface area contributed by atoms with Crippen molar-refractivity contribution < 1.29 is 31.9 Å². The summed E-state index contributed by atoms with van der Waals surface area (Å²) in [6.45, 7) is 18.7. The van der Waals surface area contributed by atoms with Gasteiger partial charge in [-0.15, -0.1) is 0 Å². The Morgan fingerprint density at radius 3 is 1.03 bits per heavy atom. The molecule has 67 heavy (non-hydrogen) atoms. The molecule has 0 aromatic heterocycles. The van der Waals surface area contributed by atoms with E-state index in [0.717, 1.165) is 69.5 Å². The zero-order valence-electron chi connectivity index (χ0n) is 41.5. The maximum Gasteiger partial charge on any atom is 2.00 e. The Bertz CT molecular complexity index is 2780. The second-order valence-corrected chi connectivity index (χ2v) is 20.5. The molecule has 8 aromatic carbocycles. The van der Waals surface area contributed by atoms with Gasteiger partial charge in [0.25, 0.3) is 0 Å². The van der Waals surface area contributed by atoms with Crippen molar-refractivity contribution in [2.75, 3.05) is 0 Å². The number of rotatable bonds is 10. The summed E-state index contributed by atoms with van der Waals surface area (Å²) in [6.07, 6.45) is 4.50. The Kier molecular flexibility index (Phi) is 15.6. The third-order valence-electron chi connectivity index (χ3n) is 14.0. The van der Waals surface area contributed by atoms with Crippen LogP contribution in [0.4, 0.5) is 0 Å². The first-order valence-corrected chi connectivity index (χ1v) is 23.7. The van der Waals surface area contributed by atoms with Crippen LogP contribution in [0.1, 0.15) is 103 Å². The molecule has 0 heterocycles. The molecule has 0 atom stereocenters. The molecule has 0 radical (unpaired) electrons. The minimum atomic E-state index is 0. The van der Waals surface area contributed by atoms with Gasteiger partial charge in [0, 0.05) is 22.0 Å². The standard InChI is InChI=1S/2C31H32O.2CH3.Ti/c2*1-20(2)18-31(19-21(3)4)27-12-8-7-11-25(27)26-15-13-23(17-28(26)31)30-24-10-6-5-9-22(24)14-16-29(30)32;;;/h2*5-17,20-21,32H,18-19H2,1-4H3;2*1H3;/q;;2*-1;+2. The Labute approximate surface area is 417 Å². The van der Waals surface area contributed by atoms with Gasteiger partial charge >= 0.3 is 21.7 Å². The molecule has 0 unspecified atom stereocenters. The topological polar surface area (TPSA) is 40.5 Å². The Morgan fingerprint density at radius 1 is 0.358 bits per heavy atom. The number of fused-ring (bicyclic) bond motifs is 8. The fourth-order valence-corrected chi connectivity index (χ4v) is 12.2. The number of phenolic OH excluding ortho intramolecular Hbond substituents is 2. The normalized spacial score (nSPS) is 13.6. The van der Waals surface area contributed by atoms with Gasteiger partial charge in [-0.2, -0.15) is 0 Å². The van der Waals surface area contributed by atoms with Crippen LogP contribution in [0, 0.1) is 38.5 Å². The van der Waals surface area contributed by atoms with Crippen molar-refractivity contribution in [1.29, 1.82) is 0 Å². The van der Waals surface area contributed by atoms with Gasteiger partial charge in [-0.3, -0.25) is 0 Å². The van der Waals surface area contributed by atoms with Crippen molar-refractivity contribution in [3.63, 3.8) is 0 Å². The van der Waals surface area contributed by atoms with E-state index in [1.54, 1.807) is 0 Å². The summed E-state index contributed by atoms with van der Waals surface area (Å²) >= 11 is 0. The van der Waals surface area contributed by atoms with Crippen LogP contribution in [0.5, 0.6) is 11.5 Å². The average molecular weight is 919 g/mol. The van der Waals surface area contributed by atoms with Crippen LogP contribution >= 0.6 is 0 Å². The number of phenols is 2. The van der Waals surface area contributed by atoms with Gasteiger partial charge in [0.1, 0.15) is 11.5 Å². The van der Waals surface area contributed by atoms with E-state index in [9.17, 15) is 10.2 Å². The second-order valence-electron chi connectivity index (χ2n) is 20.5. The predicted octanol–water partition coefficient (Wildman–Crippen LogP) is 18.0. The molecule has 0 aliphatic heterocycles. The number of aromatic hydroxyl groups is 2. The smallest absolute Gasteiger partial charge is 0.507 e. The summed E-state index contributed by atoms with van der Waals surface area (Å²) in [4.78, 5) is 0. The van der Waals surface area contributed by atoms with Gasteiger partial charge in [0.15, 0.2) is 0 Å². The molecule has 8 aromatic rings. The molecule has 3 heteroatoms. The summed E-state index contributed by atoms with van der Waals surface area (Å²) in [6, 6.07) is 56.0. The molecule has 2 aliphatic carbocycles. The van der Waals surface area contributed by atoms with Gasteiger partial charge in [0.05, 0.1) is 0 Å². The van der Waals surface area contributed by atoms with Crippen molar-refractivity contribution in [3.05, 3.63) is 195 Å². The molecule has 2 aliphatic rings.